The van der Waals surface area contributed by atoms with E-state index in [1.807, 2.05) is 0 Å². The molecule has 3 N–H and O–H groups in total. The molecule has 0 aliphatic heterocycles. The molecular weight excluding hydrogens is 270 g/mol. The summed E-state index contributed by atoms with van der Waals surface area (Å²) >= 11 is 0. The van der Waals surface area contributed by atoms with Gasteiger partial charge in [-0.15, -0.1) is 0 Å². The van der Waals surface area contributed by atoms with Gasteiger partial charge in [-0.25, -0.2) is 0 Å². The van der Waals surface area contributed by atoms with Crippen LogP contribution in [0.4, 0.5) is 11.4 Å². The summed E-state index contributed by atoms with van der Waals surface area (Å²) in [6.07, 6.45) is 0.979. The minimum Gasteiger partial charge on any atom is -0.327 e. The largest absolute Gasteiger partial charge is 0.327 e. The molecule has 0 saturated carbocycles. The third kappa shape index (κ3) is 5.91. The fourth-order valence-corrected chi connectivity index (χ4v) is 2.25. The Morgan fingerprint density at radius 2 is 2.05 bits per heavy atom. The average Bonchev–Trinajstić information content (AvgIpc) is 2.24. The van der Waals surface area contributed by atoms with Crippen molar-refractivity contribution < 1.29 is 9.72 Å². The third-order valence-corrected chi connectivity index (χ3v) is 3.00. The summed E-state index contributed by atoms with van der Waals surface area (Å²) in [5.41, 5.74) is 7.13. The Bertz CT molecular complexity index is 535. The van der Waals surface area contributed by atoms with Gasteiger partial charge in [0.25, 0.3) is 5.69 Å². The first-order valence-electron chi connectivity index (χ1n) is 6.89. The second-order valence-electron chi connectivity index (χ2n) is 6.54. The van der Waals surface area contributed by atoms with Gasteiger partial charge in [-0.2, -0.15) is 0 Å². The summed E-state index contributed by atoms with van der Waals surface area (Å²) in [5, 5.41) is 13.5. The molecule has 6 nitrogen and oxygen atoms in total. The number of hydrogen-bond donors (Lipinski definition) is 2. The highest BCUT2D eigenvalue weighted by atomic mass is 16.6. The number of aryl methyl sites for hydroxylation is 1. The lowest BCUT2D eigenvalue weighted by Gasteiger charge is -2.22. The number of carbonyl (C=O) groups excluding carboxylic acids is 1. The Kier molecular flexibility index (Phi) is 5.43. The molecule has 1 atom stereocenters. The third-order valence-electron chi connectivity index (χ3n) is 3.00. The van der Waals surface area contributed by atoms with Gasteiger partial charge >= 0.3 is 0 Å². The SMILES string of the molecule is Cc1cc(NC(=O)CC(N)CC(C)(C)C)ccc1[N+](=O)[O-]. The van der Waals surface area contributed by atoms with E-state index in [1.54, 1.807) is 13.0 Å². The average molecular weight is 293 g/mol. The van der Waals surface area contributed by atoms with Crippen molar-refractivity contribution in [1.82, 2.24) is 0 Å². The summed E-state index contributed by atoms with van der Waals surface area (Å²) in [5.74, 6) is -0.181. The van der Waals surface area contributed by atoms with Crippen LogP contribution in [0.5, 0.6) is 0 Å². The maximum Gasteiger partial charge on any atom is 0.272 e. The molecule has 0 fully saturated rings. The second-order valence-corrected chi connectivity index (χ2v) is 6.54. The van der Waals surface area contributed by atoms with Gasteiger partial charge in [-0.3, -0.25) is 14.9 Å². The second kappa shape index (κ2) is 6.67. The molecule has 0 aromatic heterocycles. The molecule has 21 heavy (non-hydrogen) atoms. The van der Waals surface area contributed by atoms with E-state index in [1.165, 1.54) is 12.1 Å². The van der Waals surface area contributed by atoms with Gasteiger partial charge in [-0.05, 0) is 30.9 Å². The summed E-state index contributed by atoms with van der Waals surface area (Å²) < 4.78 is 0. The number of carbonyl (C=O) groups is 1. The molecule has 0 aliphatic carbocycles. The first-order chi connectivity index (χ1) is 9.58. The highest BCUT2D eigenvalue weighted by Crippen LogP contribution is 2.23. The zero-order valence-electron chi connectivity index (χ0n) is 13.0. The quantitative estimate of drug-likeness (QED) is 0.644. The minimum atomic E-state index is -0.444. The van der Waals surface area contributed by atoms with Crippen LogP contribution >= 0.6 is 0 Å². The van der Waals surface area contributed by atoms with Crippen LogP contribution in [0.25, 0.3) is 0 Å². The number of nitrogens with one attached hydrogen (secondary N) is 1. The van der Waals surface area contributed by atoms with Gasteiger partial charge in [0, 0.05) is 29.8 Å². The highest BCUT2D eigenvalue weighted by Gasteiger charge is 2.18. The smallest absolute Gasteiger partial charge is 0.272 e. The van der Waals surface area contributed by atoms with Crippen molar-refractivity contribution >= 4 is 17.3 Å². The van der Waals surface area contributed by atoms with E-state index in [-0.39, 0.29) is 29.5 Å². The first-order valence-corrected chi connectivity index (χ1v) is 6.89. The van der Waals surface area contributed by atoms with E-state index < -0.39 is 4.92 Å². The molecule has 1 unspecified atom stereocenters. The molecule has 1 rings (SSSR count). The molecule has 6 heteroatoms. The summed E-state index contributed by atoms with van der Waals surface area (Å²) in [7, 11) is 0. The van der Waals surface area contributed by atoms with Crippen molar-refractivity contribution in [2.75, 3.05) is 5.32 Å². The van der Waals surface area contributed by atoms with Crippen LogP contribution in [0.3, 0.4) is 0 Å². The fourth-order valence-electron chi connectivity index (χ4n) is 2.25. The summed E-state index contributed by atoms with van der Waals surface area (Å²) in [4.78, 5) is 22.2. The maximum atomic E-state index is 11.9. The molecule has 1 amide bonds. The molecule has 0 spiro atoms. The van der Waals surface area contributed by atoms with Crippen molar-refractivity contribution in [3.63, 3.8) is 0 Å². The minimum absolute atomic E-state index is 0.0393. The number of anilines is 1. The van der Waals surface area contributed by atoms with Crippen LogP contribution in [0, 0.1) is 22.5 Å². The van der Waals surface area contributed by atoms with Crippen LogP contribution in [0.1, 0.15) is 39.2 Å². The summed E-state index contributed by atoms with van der Waals surface area (Å²) in [6, 6.07) is 4.30. The zero-order chi connectivity index (χ0) is 16.2. The molecule has 0 radical (unpaired) electrons. The monoisotopic (exact) mass is 293 g/mol. The van der Waals surface area contributed by atoms with Crippen molar-refractivity contribution in [3.05, 3.63) is 33.9 Å². The number of nitro benzene ring substituents is 1. The van der Waals surface area contributed by atoms with E-state index in [9.17, 15) is 14.9 Å². The Hall–Kier alpha value is -1.95. The molecule has 0 heterocycles. The molecule has 116 valence electrons. The van der Waals surface area contributed by atoms with E-state index in [2.05, 4.69) is 26.1 Å². The van der Waals surface area contributed by atoms with E-state index >= 15 is 0 Å². The van der Waals surface area contributed by atoms with Crippen LogP contribution in [0.2, 0.25) is 0 Å². The number of nitro groups is 1. The topological polar surface area (TPSA) is 98.3 Å². The number of amides is 1. The van der Waals surface area contributed by atoms with Crippen LogP contribution in [-0.2, 0) is 4.79 Å². The lowest BCUT2D eigenvalue weighted by molar-refractivity contribution is -0.385. The van der Waals surface area contributed by atoms with E-state index in [4.69, 9.17) is 5.73 Å². The lowest BCUT2D eigenvalue weighted by atomic mass is 9.87. The number of hydrogen-bond acceptors (Lipinski definition) is 4. The van der Waals surface area contributed by atoms with Gasteiger partial charge in [0.15, 0.2) is 0 Å². The predicted molar refractivity (Wildman–Crippen MR) is 83.1 cm³/mol. The Morgan fingerprint density at radius 1 is 1.43 bits per heavy atom. The zero-order valence-corrected chi connectivity index (χ0v) is 13.0. The van der Waals surface area contributed by atoms with Gasteiger partial charge in [-0.1, -0.05) is 20.8 Å². The number of nitrogens with two attached hydrogens (primary N) is 1. The van der Waals surface area contributed by atoms with Gasteiger partial charge in [0.05, 0.1) is 4.92 Å². The normalized spacial score (nSPS) is 12.8. The Labute approximate surface area is 124 Å². The van der Waals surface area contributed by atoms with Crippen molar-refractivity contribution in [1.29, 1.82) is 0 Å². The van der Waals surface area contributed by atoms with Gasteiger partial charge in [0.1, 0.15) is 0 Å². The van der Waals surface area contributed by atoms with Crippen LogP contribution in [-0.4, -0.2) is 16.9 Å². The molecule has 0 aliphatic rings. The first kappa shape index (κ1) is 17.1. The van der Waals surface area contributed by atoms with Crippen molar-refractivity contribution in [2.45, 2.75) is 46.6 Å². The van der Waals surface area contributed by atoms with E-state index in [0.717, 1.165) is 6.42 Å². The van der Waals surface area contributed by atoms with Crippen LogP contribution < -0.4 is 11.1 Å². The maximum absolute atomic E-state index is 11.9. The molecular formula is C15H23N3O3. The summed E-state index contributed by atoms with van der Waals surface area (Å²) in [6.45, 7) is 7.86. The molecule has 1 aromatic carbocycles. The Morgan fingerprint density at radius 3 is 2.52 bits per heavy atom. The molecule has 0 bridgehead atoms. The van der Waals surface area contributed by atoms with Crippen molar-refractivity contribution in [2.24, 2.45) is 11.1 Å². The van der Waals surface area contributed by atoms with Crippen LogP contribution in [0.15, 0.2) is 18.2 Å². The Balaban J connectivity index is 2.63. The van der Waals surface area contributed by atoms with Gasteiger partial charge in [0.2, 0.25) is 5.91 Å². The lowest BCUT2D eigenvalue weighted by Crippen LogP contribution is -2.31. The fraction of sp³-hybridized carbons (Fsp3) is 0.533. The number of benzene rings is 1. The highest BCUT2D eigenvalue weighted by molar-refractivity contribution is 5.91. The number of rotatable bonds is 5. The van der Waals surface area contributed by atoms with E-state index in [0.29, 0.717) is 11.3 Å². The predicted octanol–water partition coefficient (Wildman–Crippen LogP) is 3.00. The van der Waals surface area contributed by atoms with Gasteiger partial charge < -0.3 is 11.1 Å². The number of nitrogens with zero attached hydrogens (tertiary/aromatic N) is 1. The standard InChI is InChI=1S/C15H23N3O3/c1-10-7-12(5-6-13(10)18(20)21)17-14(19)8-11(16)9-15(2,3)4/h5-7,11H,8-9,16H2,1-4H3,(H,17,19). The molecule has 0 saturated heterocycles. The van der Waals surface area contributed by atoms with Crippen molar-refractivity contribution in [3.8, 4) is 0 Å². The molecule has 1 aromatic rings.